The van der Waals surface area contributed by atoms with E-state index in [1.165, 1.54) is 0 Å². The van der Waals surface area contributed by atoms with Crippen molar-refractivity contribution in [3.63, 3.8) is 0 Å². The van der Waals surface area contributed by atoms with Gasteiger partial charge < -0.3 is 4.98 Å². The van der Waals surface area contributed by atoms with Crippen LogP contribution in [-0.4, -0.2) is 39.6 Å². The van der Waals surface area contributed by atoms with Crippen LogP contribution in [0.3, 0.4) is 0 Å². The number of hydrogen-bond donors (Lipinski definition) is 2. The van der Waals surface area contributed by atoms with Gasteiger partial charge in [-0.2, -0.15) is 0 Å². The van der Waals surface area contributed by atoms with Crippen LogP contribution in [0.2, 0.25) is 0 Å². The molecule has 2 saturated carbocycles. The molecule has 2 atom stereocenters. The van der Waals surface area contributed by atoms with Crippen LogP contribution >= 0.6 is 0 Å². The summed E-state index contributed by atoms with van der Waals surface area (Å²) in [4.78, 5) is 12.2. The number of imidazole rings is 1. The Bertz CT molecular complexity index is 1030. The van der Waals surface area contributed by atoms with E-state index in [1.54, 1.807) is 0 Å². The topological polar surface area (TPSA) is 92.2 Å². The summed E-state index contributed by atoms with van der Waals surface area (Å²) in [7, 11) is -3.09. The van der Waals surface area contributed by atoms with Crippen LogP contribution < -0.4 is 4.72 Å². The zero-order chi connectivity index (χ0) is 17.0. The molecule has 0 aliphatic heterocycles. The summed E-state index contributed by atoms with van der Waals surface area (Å²) in [6.45, 7) is 0.555. The molecule has 132 valence electrons. The number of rotatable bonds is 5. The number of aromatic nitrogens is 4. The van der Waals surface area contributed by atoms with E-state index in [9.17, 15) is 8.42 Å². The number of sulfonamides is 1. The highest BCUT2D eigenvalue weighted by molar-refractivity contribution is 7.90. The highest BCUT2D eigenvalue weighted by Gasteiger charge is 2.36. The molecule has 5 rings (SSSR count). The van der Waals surface area contributed by atoms with E-state index in [2.05, 4.69) is 24.1 Å². The van der Waals surface area contributed by atoms with Gasteiger partial charge in [-0.05, 0) is 44.1 Å². The lowest BCUT2D eigenvalue weighted by molar-refractivity contribution is 0.509. The van der Waals surface area contributed by atoms with Gasteiger partial charge >= 0.3 is 0 Å². The zero-order valence-electron chi connectivity index (χ0n) is 13.9. The first-order chi connectivity index (χ1) is 12.1. The van der Waals surface area contributed by atoms with Crippen molar-refractivity contribution in [2.24, 2.45) is 5.92 Å². The molecule has 0 aromatic carbocycles. The Balaban J connectivity index is 1.36. The van der Waals surface area contributed by atoms with Gasteiger partial charge in [-0.25, -0.2) is 23.1 Å². The molecule has 2 N–H and O–H groups in total. The van der Waals surface area contributed by atoms with Crippen molar-refractivity contribution >= 4 is 26.7 Å². The first-order valence-electron chi connectivity index (χ1n) is 8.90. The predicted molar refractivity (Wildman–Crippen MR) is 94.9 cm³/mol. The van der Waals surface area contributed by atoms with E-state index in [-0.39, 0.29) is 5.25 Å². The van der Waals surface area contributed by atoms with E-state index in [0.717, 1.165) is 54.6 Å². The molecule has 3 aromatic rings. The van der Waals surface area contributed by atoms with Crippen LogP contribution in [0.4, 0.5) is 0 Å². The van der Waals surface area contributed by atoms with Crippen molar-refractivity contribution in [3.8, 4) is 0 Å². The molecule has 2 aliphatic rings. The lowest BCUT2D eigenvalue weighted by Crippen LogP contribution is -2.31. The van der Waals surface area contributed by atoms with Crippen molar-refractivity contribution in [1.82, 2.24) is 24.1 Å². The van der Waals surface area contributed by atoms with E-state index in [1.807, 2.05) is 24.7 Å². The van der Waals surface area contributed by atoms with Crippen molar-refractivity contribution in [2.45, 2.75) is 43.3 Å². The second kappa shape index (κ2) is 5.54. The van der Waals surface area contributed by atoms with Crippen LogP contribution in [0.5, 0.6) is 0 Å². The number of hydrogen-bond acceptors (Lipinski definition) is 4. The molecule has 0 saturated heterocycles. The fourth-order valence-electron chi connectivity index (χ4n) is 4.01. The Morgan fingerprint density at radius 3 is 2.88 bits per heavy atom. The third-order valence-corrected chi connectivity index (χ3v) is 7.45. The Hall–Kier alpha value is -1.93. The molecule has 3 aromatic heterocycles. The maximum absolute atomic E-state index is 12.0. The lowest BCUT2D eigenvalue weighted by Gasteiger charge is -2.12. The molecule has 0 amide bonds. The van der Waals surface area contributed by atoms with Crippen LogP contribution in [0, 0.1) is 5.92 Å². The van der Waals surface area contributed by atoms with Gasteiger partial charge in [0.1, 0.15) is 5.82 Å². The predicted octanol–water partition coefficient (Wildman–Crippen LogP) is 2.18. The molecule has 0 bridgehead atoms. The van der Waals surface area contributed by atoms with Crippen LogP contribution in [0.15, 0.2) is 24.7 Å². The maximum atomic E-state index is 12.0. The monoisotopic (exact) mass is 359 g/mol. The molecule has 7 nitrogen and oxygen atoms in total. The molecule has 2 fully saturated rings. The van der Waals surface area contributed by atoms with E-state index >= 15 is 0 Å². The van der Waals surface area contributed by atoms with Gasteiger partial charge in [-0.3, -0.25) is 4.40 Å². The Kier molecular flexibility index (Phi) is 3.40. The smallest absolute Gasteiger partial charge is 0.214 e. The van der Waals surface area contributed by atoms with Gasteiger partial charge in [0.05, 0.1) is 28.7 Å². The Morgan fingerprint density at radius 2 is 2.04 bits per heavy atom. The fraction of sp³-hybridized carbons (Fsp3) is 0.529. The molecule has 3 heterocycles. The maximum Gasteiger partial charge on any atom is 0.214 e. The third-order valence-electron chi connectivity index (χ3n) is 5.53. The first kappa shape index (κ1) is 15.3. The number of nitrogens with zero attached hydrogens (tertiary/aromatic N) is 3. The summed E-state index contributed by atoms with van der Waals surface area (Å²) in [6, 6.07) is 2.02. The Labute approximate surface area is 145 Å². The molecular weight excluding hydrogens is 338 g/mol. The number of aromatic amines is 1. The normalized spacial score (nSPS) is 24.5. The van der Waals surface area contributed by atoms with E-state index in [0.29, 0.717) is 18.4 Å². The summed E-state index contributed by atoms with van der Waals surface area (Å²) in [5.41, 5.74) is 2.90. The summed E-state index contributed by atoms with van der Waals surface area (Å²) in [6.07, 6.45) is 10.3. The van der Waals surface area contributed by atoms with Crippen molar-refractivity contribution in [1.29, 1.82) is 0 Å². The van der Waals surface area contributed by atoms with Crippen molar-refractivity contribution < 1.29 is 8.42 Å². The minimum absolute atomic E-state index is 0.143. The van der Waals surface area contributed by atoms with Gasteiger partial charge in [0.25, 0.3) is 0 Å². The van der Waals surface area contributed by atoms with Gasteiger partial charge in [-0.15, -0.1) is 0 Å². The molecule has 8 heteroatoms. The molecule has 0 radical (unpaired) electrons. The van der Waals surface area contributed by atoms with E-state index in [4.69, 9.17) is 0 Å². The largest absolute Gasteiger partial charge is 0.345 e. The third kappa shape index (κ3) is 2.64. The first-order valence-corrected chi connectivity index (χ1v) is 10.4. The number of fused-ring (bicyclic) bond motifs is 3. The zero-order valence-corrected chi connectivity index (χ0v) is 14.7. The Morgan fingerprint density at radius 1 is 1.20 bits per heavy atom. The quantitative estimate of drug-likeness (QED) is 0.730. The number of nitrogens with one attached hydrogen (secondary N) is 2. The molecular formula is C17H21N5O2S. The fourth-order valence-corrected chi connectivity index (χ4v) is 5.47. The average Bonchev–Trinajstić information content (AvgIpc) is 3.03. The average molecular weight is 359 g/mol. The standard InChI is InChI=1S/C17H21N5O2S/c23-25(24,14-3-4-14)21-8-11-1-2-12(7-11)17-20-10-13-9-19-16-15(22(13)17)5-6-18-16/h5-6,9-12,14,18,21H,1-4,7-8H2/t11-,12-/m0/s1. The van der Waals surface area contributed by atoms with Crippen LogP contribution in [-0.2, 0) is 10.0 Å². The van der Waals surface area contributed by atoms with Crippen molar-refractivity contribution in [3.05, 3.63) is 30.5 Å². The van der Waals surface area contributed by atoms with E-state index < -0.39 is 10.0 Å². The molecule has 25 heavy (non-hydrogen) atoms. The van der Waals surface area contributed by atoms with Crippen LogP contribution in [0.25, 0.3) is 16.7 Å². The summed E-state index contributed by atoms with van der Waals surface area (Å²) in [5, 5.41) is -0.143. The second-order valence-electron chi connectivity index (χ2n) is 7.32. The van der Waals surface area contributed by atoms with Gasteiger partial charge in [0, 0.05) is 18.7 Å². The summed E-state index contributed by atoms with van der Waals surface area (Å²) < 4.78 is 29.0. The highest BCUT2D eigenvalue weighted by atomic mass is 32.2. The number of H-pyrrole nitrogens is 1. The highest BCUT2D eigenvalue weighted by Crippen LogP contribution is 2.38. The lowest BCUT2D eigenvalue weighted by atomic mass is 10.0. The van der Waals surface area contributed by atoms with Gasteiger partial charge in [0.2, 0.25) is 10.0 Å². The summed E-state index contributed by atoms with van der Waals surface area (Å²) in [5.74, 6) is 1.81. The molecule has 0 spiro atoms. The molecule has 2 aliphatic carbocycles. The van der Waals surface area contributed by atoms with Crippen LogP contribution in [0.1, 0.15) is 43.8 Å². The second-order valence-corrected chi connectivity index (χ2v) is 9.36. The summed E-state index contributed by atoms with van der Waals surface area (Å²) >= 11 is 0. The SMILES string of the molecule is O=S(=O)(NC[C@H]1CC[C@H](c2ncc3cnc4[nH]ccc4n23)C1)C1CC1. The minimum atomic E-state index is -3.09. The minimum Gasteiger partial charge on any atom is -0.345 e. The van der Waals surface area contributed by atoms with Crippen molar-refractivity contribution in [2.75, 3.05) is 6.54 Å². The van der Waals surface area contributed by atoms with Gasteiger partial charge in [-0.1, -0.05) is 0 Å². The molecule has 0 unspecified atom stereocenters. The van der Waals surface area contributed by atoms with Gasteiger partial charge in [0.15, 0.2) is 5.65 Å².